The number of nitrogens with one attached hydrogen (secondary N) is 2. The number of para-hydroxylation sites is 1. The highest BCUT2D eigenvalue weighted by atomic mass is 16.5. The summed E-state index contributed by atoms with van der Waals surface area (Å²) in [7, 11) is 0. The quantitative estimate of drug-likeness (QED) is 0.724. The number of aryl methyl sites for hydroxylation is 2. The number of aromatic amines is 2. The molecule has 0 aliphatic carbocycles. The Hall–Kier alpha value is -2.63. The van der Waals surface area contributed by atoms with Crippen molar-refractivity contribution in [1.29, 1.82) is 0 Å². The van der Waals surface area contributed by atoms with Crippen LogP contribution in [0, 0.1) is 13.8 Å². The molecule has 2 aromatic heterocycles. The van der Waals surface area contributed by atoms with Gasteiger partial charge in [0, 0.05) is 16.6 Å². The first-order chi connectivity index (χ1) is 10.1. The predicted octanol–water partition coefficient (Wildman–Crippen LogP) is 2.75. The maximum atomic E-state index is 12.0. The van der Waals surface area contributed by atoms with Gasteiger partial charge in [0.05, 0.1) is 12.1 Å². The molecule has 0 unspecified atom stereocenters. The fraction of sp³-hybridized carbons (Fsp3) is 0.267. The van der Waals surface area contributed by atoms with Crippen molar-refractivity contribution in [2.75, 3.05) is 6.61 Å². The Bertz CT molecular complexity index is 816. The number of hydrogen-bond acceptors (Lipinski definition) is 4. The van der Waals surface area contributed by atoms with Crippen LogP contribution < -0.4 is 0 Å². The van der Waals surface area contributed by atoms with Crippen molar-refractivity contribution in [1.82, 2.24) is 20.4 Å². The smallest absolute Gasteiger partial charge is 0.361 e. The molecule has 0 bridgehead atoms. The maximum Gasteiger partial charge on any atom is 0.361 e. The minimum absolute atomic E-state index is 0.203. The van der Waals surface area contributed by atoms with Crippen molar-refractivity contribution in [3.63, 3.8) is 0 Å². The lowest BCUT2D eigenvalue weighted by Crippen LogP contribution is -2.06. The van der Waals surface area contributed by atoms with Crippen LogP contribution in [0.15, 0.2) is 18.2 Å². The number of esters is 1. The van der Waals surface area contributed by atoms with Crippen molar-refractivity contribution >= 4 is 16.9 Å². The summed E-state index contributed by atoms with van der Waals surface area (Å²) in [5.74, 6) is -0.474. The second-order valence-electron chi connectivity index (χ2n) is 4.84. The van der Waals surface area contributed by atoms with Crippen LogP contribution in [0.5, 0.6) is 0 Å². The third-order valence-corrected chi connectivity index (χ3v) is 3.62. The van der Waals surface area contributed by atoms with Crippen molar-refractivity contribution < 1.29 is 9.53 Å². The van der Waals surface area contributed by atoms with E-state index in [1.54, 1.807) is 6.92 Å². The zero-order valence-corrected chi connectivity index (χ0v) is 12.2. The van der Waals surface area contributed by atoms with Gasteiger partial charge in [-0.25, -0.2) is 4.79 Å². The molecule has 0 fully saturated rings. The molecule has 6 heteroatoms. The number of benzene rings is 1. The molecule has 0 aliphatic heterocycles. The van der Waals surface area contributed by atoms with Crippen LogP contribution in [0.25, 0.3) is 22.2 Å². The summed E-state index contributed by atoms with van der Waals surface area (Å²) in [5.41, 5.74) is 4.77. The Balaban J connectivity index is 2.20. The minimum Gasteiger partial charge on any atom is -0.461 e. The van der Waals surface area contributed by atoms with Crippen LogP contribution in [0.1, 0.15) is 28.7 Å². The zero-order valence-electron chi connectivity index (χ0n) is 12.2. The van der Waals surface area contributed by atoms with Gasteiger partial charge in [0.25, 0.3) is 0 Å². The highest BCUT2D eigenvalue weighted by molar-refractivity contribution is 6.01. The third-order valence-electron chi connectivity index (χ3n) is 3.62. The van der Waals surface area contributed by atoms with Gasteiger partial charge in [0.2, 0.25) is 0 Å². The van der Waals surface area contributed by atoms with Gasteiger partial charge >= 0.3 is 5.97 Å². The van der Waals surface area contributed by atoms with Gasteiger partial charge in [-0.1, -0.05) is 18.2 Å². The van der Waals surface area contributed by atoms with E-state index in [9.17, 15) is 4.79 Å². The van der Waals surface area contributed by atoms with E-state index in [1.807, 2.05) is 25.1 Å². The molecule has 0 atom stereocenters. The first-order valence-corrected chi connectivity index (χ1v) is 6.79. The highest BCUT2D eigenvalue weighted by Crippen LogP contribution is 2.31. The molecule has 2 N–H and O–H groups in total. The molecular weight excluding hydrogens is 268 g/mol. The van der Waals surface area contributed by atoms with Crippen LogP contribution >= 0.6 is 0 Å². The van der Waals surface area contributed by atoms with Crippen LogP contribution in [0.4, 0.5) is 0 Å². The zero-order chi connectivity index (χ0) is 15.0. The lowest BCUT2D eigenvalue weighted by molar-refractivity contribution is 0.0520. The molecule has 0 aliphatic rings. The van der Waals surface area contributed by atoms with Gasteiger partial charge in [-0.2, -0.15) is 10.3 Å². The first-order valence-electron chi connectivity index (χ1n) is 6.79. The summed E-state index contributed by atoms with van der Waals surface area (Å²) >= 11 is 0. The number of carbonyl (C=O) groups is 1. The molecule has 0 saturated carbocycles. The summed E-state index contributed by atoms with van der Waals surface area (Å²) < 4.78 is 5.02. The fourth-order valence-corrected chi connectivity index (χ4v) is 2.44. The number of aromatic nitrogens is 4. The van der Waals surface area contributed by atoms with E-state index in [1.165, 1.54) is 5.56 Å². The Labute approximate surface area is 121 Å². The third kappa shape index (κ3) is 2.08. The molecule has 0 saturated heterocycles. The average molecular weight is 284 g/mol. The lowest BCUT2D eigenvalue weighted by Gasteiger charge is -2.03. The van der Waals surface area contributed by atoms with Gasteiger partial charge in [0.15, 0.2) is 5.69 Å². The van der Waals surface area contributed by atoms with E-state index < -0.39 is 5.97 Å². The largest absolute Gasteiger partial charge is 0.461 e. The Morgan fingerprint density at radius 1 is 1.29 bits per heavy atom. The molecular formula is C15H16N4O2. The Morgan fingerprint density at radius 2 is 2.10 bits per heavy atom. The average Bonchev–Trinajstić information content (AvgIpc) is 3.05. The molecule has 6 nitrogen and oxygen atoms in total. The summed E-state index contributed by atoms with van der Waals surface area (Å²) in [4.78, 5) is 15.3. The van der Waals surface area contributed by atoms with Gasteiger partial charge in [0.1, 0.15) is 5.69 Å². The summed E-state index contributed by atoms with van der Waals surface area (Å²) in [6, 6.07) is 5.90. The van der Waals surface area contributed by atoms with Crippen LogP contribution in [0.2, 0.25) is 0 Å². The topological polar surface area (TPSA) is 83.7 Å². The molecule has 21 heavy (non-hydrogen) atoms. The van der Waals surface area contributed by atoms with Crippen molar-refractivity contribution in [2.24, 2.45) is 0 Å². The fourth-order valence-electron chi connectivity index (χ4n) is 2.44. The molecule has 2 heterocycles. The number of H-pyrrole nitrogens is 2. The molecule has 0 radical (unpaired) electrons. The van der Waals surface area contributed by atoms with Crippen molar-refractivity contribution in [2.45, 2.75) is 20.8 Å². The highest BCUT2D eigenvalue weighted by Gasteiger charge is 2.21. The van der Waals surface area contributed by atoms with E-state index in [-0.39, 0.29) is 5.69 Å². The molecule has 108 valence electrons. The van der Waals surface area contributed by atoms with Crippen LogP contribution in [0.3, 0.4) is 0 Å². The van der Waals surface area contributed by atoms with E-state index in [4.69, 9.17) is 4.74 Å². The molecule has 0 amide bonds. The number of rotatable bonds is 3. The van der Waals surface area contributed by atoms with E-state index >= 15 is 0 Å². The second-order valence-corrected chi connectivity index (χ2v) is 4.84. The molecule has 1 aromatic carbocycles. The molecule has 3 rings (SSSR count). The minimum atomic E-state index is -0.474. The standard InChI is InChI=1S/C15H16N4O2/c1-4-21-15(20)14-13(17-19-18-14)11-7-5-6-10-8(2)9(3)16-12(10)11/h5-7,16H,4H2,1-3H3,(H,17,18,19). The summed E-state index contributed by atoms with van der Waals surface area (Å²) in [6.45, 7) is 6.15. The number of carbonyl (C=O) groups excluding carboxylic acids is 1. The maximum absolute atomic E-state index is 12.0. The van der Waals surface area contributed by atoms with Gasteiger partial charge in [-0.05, 0) is 26.3 Å². The lowest BCUT2D eigenvalue weighted by atomic mass is 10.0. The van der Waals surface area contributed by atoms with Gasteiger partial charge in [-0.15, -0.1) is 5.10 Å². The van der Waals surface area contributed by atoms with Gasteiger partial charge < -0.3 is 9.72 Å². The Morgan fingerprint density at radius 3 is 2.86 bits per heavy atom. The predicted molar refractivity (Wildman–Crippen MR) is 79.1 cm³/mol. The van der Waals surface area contributed by atoms with E-state index in [0.29, 0.717) is 12.3 Å². The molecule has 0 spiro atoms. The van der Waals surface area contributed by atoms with E-state index in [0.717, 1.165) is 22.2 Å². The van der Waals surface area contributed by atoms with Crippen molar-refractivity contribution in [3.8, 4) is 11.3 Å². The second kappa shape index (κ2) is 5.05. The number of ether oxygens (including phenoxy) is 1. The number of hydrogen-bond donors (Lipinski definition) is 2. The summed E-state index contributed by atoms with van der Waals surface area (Å²) in [5, 5.41) is 11.7. The van der Waals surface area contributed by atoms with E-state index in [2.05, 4.69) is 27.3 Å². The van der Waals surface area contributed by atoms with Gasteiger partial charge in [-0.3, -0.25) is 0 Å². The number of fused-ring (bicyclic) bond motifs is 1. The SMILES string of the molecule is CCOC(=O)c1n[nH]nc1-c1cccc2c(C)c(C)[nH]c12. The number of nitrogens with zero attached hydrogens (tertiary/aromatic N) is 2. The monoisotopic (exact) mass is 284 g/mol. The van der Waals surface area contributed by atoms with Crippen LogP contribution in [-0.2, 0) is 4.74 Å². The first kappa shape index (κ1) is 13.4. The van der Waals surface area contributed by atoms with Crippen molar-refractivity contribution in [3.05, 3.63) is 35.2 Å². The Kier molecular flexibility index (Phi) is 3.21. The normalized spacial score (nSPS) is 11.0. The summed E-state index contributed by atoms with van der Waals surface area (Å²) in [6.07, 6.45) is 0. The van der Waals surface area contributed by atoms with Crippen LogP contribution in [-0.4, -0.2) is 33.0 Å². The molecule has 3 aromatic rings.